The molecule has 0 N–H and O–H groups in total. The smallest absolute Gasteiger partial charge is 0.211 e. The summed E-state index contributed by atoms with van der Waals surface area (Å²) in [5.74, 6) is -0.0827. The minimum Gasteiger partial charge on any atom is -0.380 e. The molecule has 3 rings (SSSR count). The summed E-state index contributed by atoms with van der Waals surface area (Å²) in [4.78, 5) is 17.2. The lowest BCUT2D eigenvalue weighted by atomic mass is 10.0. The molecule has 0 fully saturated rings. The standard InChI is InChI=1S/C20H17NO2/c1-23-14-15-7-5-10-17(13-15)20(22)19-12-6-11-18(21-19)16-8-3-2-4-9-16/h2-13H,14H2,1H3. The lowest BCUT2D eigenvalue weighted by Gasteiger charge is -2.06. The molecule has 0 aliphatic rings. The van der Waals surface area contributed by atoms with Crippen LogP contribution in [0.1, 0.15) is 21.6 Å². The van der Waals surface area contributed by atoms with Crippen LogP contribution in [-0.4, -0.2) is 17.9 Å². The summed E-state index contributed by atoms with van der Waals surface area (Å²) in [6, 6.07) is 22.8. The minimum absolute atomic E-state index is 0.0827. The second-order valence-corrected chi connectivity index (χ2v) is 5.24. The number of aromatic nitrogens is 1. The first-order valence-electron chi connectivity index (χ1n) is 7.43. The van der Waals surface area contributed by atoms with Crippen LogP contribution >= 0.6 is 0 Å². The van der Waals surface area contributed by atoms with Crippen molar-refractivity contribution in [2.24, 2.45) is 0 Å². The molecule has 0 atom stereocenters. The first-order valence-corrected chi connectivity index (χ1v) is 7.43. The van der Waals surface area contributed by atoms with Crippen molar-refractivity contribution >= 4 is 5.78 Å². The van der Waals surface area contributed by atoms with Crippen LogP contribution in [0.15, 0.2) is 72.8 Å². The molecule has 3 heteroatoms. The van der Waals surface area contributed by atoms with E-state index in [0.717, 1.165) is 16.8 Å². The van der Waals surface area contributed by atoms with Gasteiger partial charge in [0.05, 0.1) is 12.3 Å². The van der Waals surface area contributed by atoms with Gasteiger partial charge in [-0.1, -0.05) is 54.6 Å². The summed E-state index contributed by atoms with van der Waals surface area (Å²) in [5.41, 5.74) is 3.83. The van der Waals surface area contributed by atoms with Crippen molar-refractivity contribution in [2.45, 2.75) is 6.61 Å². The largest absolute Gasteiger partial charge is 0.380 e. The van der Waals surface area contributed by atoms with Crippen LogP contribution in [-0.2, 0) is 11.3 Å². The molecule has 0 spiro atoms. The highest BCUT2D eigenvalue weighted by atomic mass is 16.5. The van der Waals surface area contributed by atoms with Crippen molar-refractivity contribution in [3.63, 3.8) is 0 Å². The number of carbonyl (C=O) groups is 1. The van der Waals surface area contributed by atoms with Gasteiger partial charge in [-0.3, -0.25) is 4.79 Å². The fourth-order valence-corrected chi connectivity index (χ4v) is 2.45. The number of benzene rings is 2. The maximum atomic E-state index is 12.7. The predicted octanol–water partition coefficient (Wildman–Crippen LogP) is 4.13. The van der Waals surface area contributed by atoms with E-state index < -0.39 is 0 Å². The van der Waals surface area contributed by atoms with Gasteiger partial charge in [-0.15, -0.1) is 0 Å². The highest BCUT2D eigenvalue weighted by Crippen LogP contribution is 2.18. The molecule has 0 amide bonds. The highest BCUT2D eigenvalue weighted by molar-refractivity contribution is 6.08. The normalized spacial score (nSPS) is 10.5. The van der Waals surface area contributed by atoms with E-state index in [-0.39, 0.29) is 5.78 Å². The number of pyridine rings is 1. The van der Waals surface area contributed by atoms with Gasteiger partial charge in [0.2, 0.25) is 5.78 Å². The van der Waals surface area contributed by atoms with Crippen LogP contribution in [0.3, 0.4) is 0 Å². The molecule has 0 saturated carbocycles. The number of carbonyl (C=O) groups excluding carboxylic acids is 1. The third kappa shape index (κ3) is 3.52. The molecule has 114 valence electrons. The molecular formula is C20H17NO2. The second-order valence-electron chi connectivity index (χ2n) is 5.24. The van der Waals surface area contributed by atoms with E-state index in [4.69, 9.17) is 4.74 Å². The number of hydrogen-bond donors (Lipinski definition) is 0. The minimum atomic E-state index is -0.0827. The van der Waals surface area contributed by atoms with E-state index in [0.29, 0.717) is 17.9 Å². The highest BCUT2D eigenvalue weighted by Gasteiger charge is 2.12. The first kappa shape index (κ1) is 15.1. The number of rotatable bonds is 5. The molecule has 23 heavy (non-hydrogen) atoms. The van der Waals surface area contributed by atoms with Gasteiger partial charge in [-0.25, -0.2) is 4.98 Å². The number of nitrogens with zero attached hydrogens (tertiary/aromatic N) is 1. The zero-order valence-corrected chi connectivity index (χ0v) is 12.9. The zero-order valence-electron chi connectivity index (χ0n) is 12.9. The first-order chi connectivity index (χ1) is 11.3. The number of methoxy groups -OCH3 is 1. The Kier molecular flexibility index (Phi) is 4.60. The molecule has 0 aliphatic carbocycles. The molecule has 0 saturated heterocycles. The summed E-state index contributed by atoms with van der Waals surface area (Å²) in [6.45, 7) is 0.485. The van der Waals surface area contributed by atoms with Gasteiger partial charge in [0.1, 0.15) is 5.69 Å². The van der Waals surface area contributed by atoms with Crippen LogP contribution in [0.25, 0.3) is 11.3 Å². The summed E-state index contributed by atoms with van der Waals surface area (Å²) in [5, 5.41) is 0. The zero-order chi connectivity index (χ0) is 16.1. The molecule has 1 aromatic heterocycles. The van der Waals surface area contributed by atoms with Crippen LogP contribution < -0.4 is 0 Å². The van der Waals surface area contributed by atoms with Crippen LogP contribution in [0, 0.1) is 0 Å². The monoisotopic (exact) mass is 303 g/mol. The number of hydrogen-bond acceptors (Lipinski definition) is 3. The Morgan fingerprint density at radius 3 is 2.52 bits per heavy atom. The van der Waals surface area contributed by atoms with E-state index in [2.05, 4.69) is 4.98 Å². The Bertz CT molecular complexity index is 813. The van der Waals surface area contributed by atoms with Gasteiger partial charge in [0.25, 0.3) is 0 Å². The van der Waals surface area contributed by atoms with Crippen LogP contribution in [0.4, 0.5) is 0 Å². The third-order valence-corrected chi connectivity index (χ3v) is 3.55. The molecule has 0 aliphatic heterocycles. The SMILES string of the molecule is COCc1cccc(C(=O)c2cccc(-c3ccccc3)n2)c1. The van der Waals surface area contributed by atoms with Crippen molar-refractivity contribution < 1.29 is 9.53 Å². The summed E-state index contributed by atoms with van der Waals surface area (Å²) in [6.07, 6.45) is 0. The molecule has 0 unspecified atom stereocenters. The lowest BCUT2D eigenvalue weighted by Crippen LogP contribution is -2.05. The Morgan fingerprint density at radius 1 is 0.957 bits per heavy atom. The lowest BCUT2D eigenvalue weighted by molar-refractivity contribution is 0.103. The molecule has 0 radical (unpaired) electrons. The Hall–Kier alpha value is -2.78. The van der Waals surface area contributed by atoms with Crippen molar-refractivity contribution in [3.05, 3.63) is 89.6 Å². The average Bonchev–Trinajstić information content (AvgIpc) is 2.62. The van der Waals surface area contributed by atoms with E-state index in [1.807, 2.05) is 60.7 Å². The fourth-order valence-electron chi connectivity index (χ4n) is 2.45. The number of ketones is 1. The van der Waals surface area contributed by atoms with Crippen LogP contribution in [0.2, 0.25) is 0 Å². The van der Waals surface area contributed by atoms with Gasteiger partial charge < -0.3 is 4.74 Å². The van der Waals surface area contributed by atoms with E-state index in [1.165, 1.54) is 0 Å². The summed E-state index contributed by atoms with van der Waals surface area (Å²) < 4.78 is 5.12. The van der Waals surface area contributed by atoms with Crippen LogP contribution in [0.5, 0.6) is 0 Å². The summed E-state index contributed by atoms with van der Waals surface area (Å²) >= 11 is 0. The van der Waals surface area contributed by atoms with Crippen molar-refractivity contribution in [1.82, 2.24) is 4.98 Å². The third-order valence-electron chi connectivity index (χ3n) is 3.55. The Morgan fingerprint density at radius 2 is 1.74 bits per heavy atom. The second kappa shape index (κ2) is 6.99. The fraction of sp³-hybridized carbons (Fsp3) is 0.100. The van der Waals surface area contributed by atoms with Gasteiger partial charge in [0, 0.05) is 18.2 Å². The van der Waals surface area contributed by atoms with Gasteiger partial charge in [-0.2, -0.15) is 0 Å². The Balaban J connectivity index is 1.93. The summed E-state index contributed by atoms with van der Waals surface area (Å²) in [7, 11) is 1.64. The van der Waals surface area contributed by atoms with Gasteiger partial charge >= 0.3 is 0 Å². The maximum absolute atomic E-state index is 12.7. The van der Waals surface area contributed by atoms with Crippen molar-refractivity contribution in [3.8, 4) is 11.3 Å². The maximum Gasteiger partial charge on any atom is 0.211 e. The van der Waals surface area contributed by atoms with Gasteiger partial charge in [-0.05, 0) is 23.8 Å². The van der Waals surface area contributed by atoms with E-state index in [1.54, 1.807) is 19.2 Å². The quantitative estimate of drug-likeness (QED) is 0.665. The van der Waals surface area contributed by atoms with E-state index >= 15 is 0 Å². The molecule has 3 nitrogen and oxygen atoms in total. The molecule has 0 bridgehead atoms. The molecular weight excluding hydrogens is 286 g/mol. The Labute approximate surface area is 135 Å². The molecule has 3 aromatic rings. The predicted molar refractivity (Wildman–Crippen MR) is 90.3 cm³/mol. The number of ether oxygens (including phenoxy) is 1. The van der Waals surface area contributed by atoms with Gasteiger partial charge in [0.15, 0.2) is 0 Å². The average molecular weight is 303 g/mol. The molecule has 2 aromatic carbocycles. The molecule has 1 heterocycles. The van der Waals surface area contributed by atoms with E-state index in [9.17, 15) is 4.79 Å². The topological polar surface area (TPSA) is 39.2 Å². The van der Waals surface area contributed by atoms with Crippen molar-refractivity contribution in [1.29, 1.82) is 0 Å². The van der Waals surface area contributed by atoms with Crippen molar-refractivity contribution in [2.75, 3.05) is 7.11 Å².